The Morgan fingerprint density at radius 2 is 2.10 bits per heavy atom. The highest BCUT2D eigenvalue weighted by molar-refractivity contribution is 7.89. The number of nitrogens with two attached hydrogens (primary N) is 1. The van der Waals surface area contributed by atoms with Crippen molar-refractivity contribution in [1.29, 1.82) is 0 Å². The molecule has 2 rings (SSSR count). The monoisotopic (exact) mass is 305 g/mol. The van der Waals surface area contributed by atoms with Gasteiger partial charge in [0, 0.05) is 25.0 Å². The highest BCUT2D eigenvalue weighted by Crippen LogP contribution is 2.18. The Morgan fingerprint density at radius 1 is 1.33 bits per heavy atom. The molecule has 0 spiro atoms. The van der Waals surface area contributed by atoms with Crippen LogP contribution in [0.2, 0.25) is 0 Å². The maximum Gasteiger partial charge on any atom is 0.241 e. The van der Waals surface area contributed by atoms with Crippen LogP contribution in [0.15, 0.2) is 47.6 Å². The SMILES string of the molecule is Cc1ccc(S(=O)(=O)NC(C)c2cccnc2)cc1CN. The molecule has 1 heterocycles. The van der Waals surface area contributed by atoms with Gasteiger partial charge in [0.1, 0.15) is 0 Å². The Hall–Kier alpha value is -1.76. The molecule has 0 saturated heterocycles. The molecule has 6 heteroatoms. The van der Waals surface area contributed by atoms with Crippen LogP contribution in [0.1, 0.15) is 29.7 Å². The molecule has 1 aromatic carbocycles. The van der Waals surface area contributed by atoms with Crippen molar-refractivity contribution in [2.75, 3.05) is 0 Å². The van der Waals surface area contributed by atoms with Gasteiger partial charge in [-0.15, -0.1) is 0 Å². The normalized spacial score (nSPS) is 13.1. The van der Waals surface area contributed by atoms with E-state index in [0.717, 1.165) is 16.7 Å². The van der Waals surface area contributed by atoms with Crippen LogP contribution < -0.4 is 10.5 Å². The van der Waals surface area contributed by atoms with Gasteiger partial charge in [0.25, 0.3) is 0 Å². The van der Waals surface area contributed by atoms with Gasteiger partial charge in [0.15, 0.2) is 0 Å². The molecule has 1 unspecified atom stereocenters. The molecule has 0 bridgehead atoms. The van der Waals surface area contributed by atoms with E-state index in [1.807, 2.05) is 13.0 Å². The van der Waals surface area contributed by atoms with E-state index in [2.05, 4.69) is 9.71 Å². The summed E-state index contributed by atoms with van der Waals surface area (Å²) in [5.74, 6) is 0. The second-order valence-corrected chi connectivity index (χ2v) is 6.64. The smallest absolute Gasteiger partial charge is 0.241 e. The molecule has 21 heavy (non-hydrogen) atoms. The van der Waals surface area contributed by atoms with Crippen molar-refractivity contribution in [2.45, 2.75) is 31.3 Å². The van der Waals surface area contributed by atoms with Crippen molar-refractivity contribution in [3.8, 4) is 0 Å². The molecule has 1 atom stereocenters. The fraction of sp³-hybridized carbons (Fsp3) is 0.267. The lowest BCUT2D eigenvalue weighted by Crippen LogP contribution is -2.27. The van der Waals surface area contributed by atoms with Gasteiger partial charge in [0.2, 0.25) is 10.0 Å². The maximum absolute atomic E-state index is 12.4. The first kappa shape index (κ1) is 15.6. The number of aryl methyl sites for hydroxylation is 1. The zero-order chi connectivity index (χ0) is 15.5. The number of hydrogen-bond donors (Lipinski definition) is 2. The Kier molecular flexibility index (Phi) is 4.72. The fourth-order valence-corrected chi connectivity index (χ4v) is 3.32. The van der Waals surface area contributed by atoms with Crippen molar-refractivity contribution in [2.24, 2.45) is 5.73 Å². The van der Waals surface area contributed by atoms with E-state index in [1.165, 1.54) is 0 Å². The molecule has 1 aromatic heterocycles. The number of sulfonamides is 1. The summed E-state index contributed by atoms with van der Waals surface area (Å²) in [4.78, 5) is 4.22. The summed E-state index contributed by atoms with van der Waals surface area (Å²) in [5.41, 5.74) is 8.25. The third-order valence-electron chi connectivity index (χ3n) is 3.37. The summed E-state index contributed by atoms with van der Waals surface area (Å²) in [7, 11) is -3.59. The van der Waals surface area contributed by atoms with E-state index < -0.39 is 10.0 Å². The Morgan fingerprint density at radius 3 is 2.71 bits per heavy atom. The van der Waals surface area contributed by atoms with Gasteiger partial charge in [-0.3, -0.25) is 4.98 Å². The molecule has 2 aromatic rings. The van der Waals surface area contributed by atoms with E-state index in [4.69, 9.17) is 5.73 Å². The predicted octanol–water partition coefficient (Wildman–Crippen LogP) is 1.89. The second kappa shape index (κ2) is 6.34. The van der Waals surface area contributed by atoms with Crippen LogP contribution in [-0.4, -0.2) is 13.4 Å². The van der Waals surface area contributed by atoms with Crippen LogP contribution in [0.5, 0.6) is 0 Å². The summed E-state index contributed by atoms with van der Waals surface area (Å²) in [5, 5.41) is 0. The van der Waals surface area contributed by atoms with E-state index >= 15 is 0 Å². The Labute approximate surface area is 125 Å². The van der Waals surface area contributed by atoms with Crippen molar-refractivity contribution in [3.63, 3.8) is 0 Å². The molecule has 0 radical (unpaired) electrons. The summed E-state index contributed by atoms with van der Waals surface area (Å²) < 4.78 is 27.5. The van der Waals surface area contributed by atoms with Crippen LogP contribution in [0.4, 0.5) is 0 Å². The summed E-state index contributed by atoms with van der Waals surface area (Å²) in [6.07, 6.45) is 3.30. The van der Waals surface area contributed by atoms with Crippen molar-refractivity contribution >= 4 is 10.0 Å². The van der Waals surface area contributed by atoms with E-state index in [1.54, 1.807) is 43.6 Å². The topological polar surface area (TPSA) is 85.1 Å². The van der Waals surface area contributed by atoms with Gasteiger partial charge in [0.05, 0.1) is 4.90 Å². The third-order valence-corrected chi connectivity index (χ3v) is 4.91. The zero-order valence-electron chi connectivity index (χ0n) is 12.1. The highest BCUT2D eigenvalue weighted by atomic mass is 32.2. The molecule has 0 fully saturated rings. The number of nitrogens with one attached hydrogen (secondary N) is 1. The lowest BCUT2D eigenvalue weighted by molar-refractivity contribution is 0.566. The molecule has 3 N–H and O–H groups in total. The quantitative estimate of drug-likeness (QED) is 0.883. The summed E-state index contributed by atoms with van der Waals surface area (Å²) in [6, 6.07) is 8.23. The van der Waals surface area contributed by atoms with Gasteiger partial charge >= 0.3 is 0 Å². The minimum Gasteiger partial charge on any atom is -0.326 e. The Balaban J connectivity index is 2.26. The number of rotatable bonds is 5. The summed E-state index contributed by atoms with van der Waals surface area (Å²) in [6.45, 7) is 4.00. The largest absolute Gasteiger partial charge is 0.326 e. The van der Waals surface area contributed by atoms with Gasteiger partial charge in [-0.25, -0.2) is 13.1 Å². The average molecular weight is 305 g/mol. The first-order valence-electron chi connectivity index (χ1n) is 6.66. The molecule has 112 valence electrons. The first-order chi connectivity index (χ1) is 9.94. The van der Waals surface area contributed by atoms with Gasteiger partial charge < -0.3 is 5.73 Å². The predicted molar refractivity (Wildman–Crippen MR) is 82.0 cm³/mol. The number of hydrogen-bond acceptors (Lipinski definition) is 4. The molecule has 0 amide bonds. The number of pyridine rings is 1. The molecule has 0 saturated carbocycles. The van der Waals surface area contributed by atoms with Crippen LogP contribution in [0, 0.1) is 6.92 Å². The van der Waals surface area contributed by atoms with Crippen LogP contribution in [-0.2, 0) is 16.6 Å². The molecule has 0 aliphatic carbocycles. The van der Waals surface area contributed by atoms with E-state index in [-0.39, 0.29) is 10.9 Å². The van der Waals surface area contributed by atoms with E-state index in [0.29, 0.717) is 6.54 Å². The fourth-order valence-electron chi connectivity index (χ4n) is 2.04. The third kappa shape index (κ3) is 3.66. The van der Waals surface area contributed by atoms with Crippen LogP contribution in [0.3, 0.4) is 0 Å². The molecule has 5 nitrogen and oxygen atoms in total. The standard InChI is InChI=1S/C15H19N3O2S/c1-11-5-6-15(8-14(11)9-16)21(19,20)18-12(2)13-4-3-7-17-10-13/h3-8,10,12,18H,9,16H2,1-2H3. The lowest BCUT2D eigenvalue weighted by Gasteiger charge is -2.15. The first-order valence-corrected chi connectivity index (χ1v) is 8.14. The van der Waals surface area contributed by atoms with Crippen LogP contribution >= 0.6 is 0 Å². The molecular weight excluding hydrogens is 286 g/mol. The Bertz CT molecular complexity index is 715. The number of benzene rings is 1. The maximum atomic E-state index is 12.4. The second-order valence-electron chi connectivity index (χ2n) is 4.92. The van der Waals surface area contributed by atoms with Gasteiger partial charge in [-0.1, -0.05) is 12.1 Å². The van der Waals surface area contributed by atoms with Gasteiger partial charge in [-0.2, -0.15) is 0 Å². The lowest BCUT2D eigenvalue weighted by atomic mass is 10.1. The van der Waals surface area contributed by atoms with Crippen molar-refractivity contribution in [3.05, 3.63) is 59.4 Å². The van der Waals surface area contributed by atoms with Crippen molar-refractivity contribution < 1.29 is 8.42 Å². The number of aromatic nitrogens is 1. The van der Waals surface area contributed by atoms with Crippen LogP contribution in [0.25, 0.3) is 0 Å². The zero-order valence-corrected chi connectivity index (χ0v) is 12.9. The summed E-state index contributed by atoms with van der Waals surface area (Å²) >= 11 is 0. The highest BCUT2D eigenvalue weighted by Gasteiger charge is 2.19. The van der Waals surface area contributed by atoms with E-state index in [9.17, 15) is 8.42 Å². The molecule has 0 aliphatic rings. The molecule has 0 aliphatic heterocycles. The minimum absolute atomic E-state index is 0.226. The minimum atomic E-state index is -3.59. The average Bonchev–Trinajstić information content (AvgIpc) is 2.48. The molecular formula is C15H19N3O2S. The van der Waals surface area contributed by atoms with Gasteiger partial charge in [-0.05, 0) is 48.7 Å². The number of nitrogens with zero attached hydrogens (tertiary/aromatic N) is 1. The van der Waals surface area contributed by atoms with Crippen molar-refractivity contribution in [1.82, 2.24) is 9.71 Å².